The minimum atomic E-state index is -0.494. The Balaban J connectivity index is 1.29. The average Bonchev–Trinajstić information content (AvgIpc) is 3.28. The van der Waals surface area contributed by atoms with Gasteiger partial charge in [-0.3, -0.25) is 14.5 Å². The third-order valence-electron chi connectivity index (χ3n) is 7.41. The lowest BCUT2D eigenvalue weighted by atomic mass is 9.92. The average molecular weight is 466 g/mol. The summed E-state index contributed by atoms with van der Waals surface area (Å²) in [5.74, 6) is -0.368. The predicted molar refractivity (Wildman–Crippen MR) is 128 cm³/mol. The third kappa shape index (κ3) is 4.86. The van der Waals surface area contributed by atoms with Crippen molar-refractivity contribution in [1.82, 2.24) is 9.80 Å². The van der Waals surface area contributed by atoms with E-state index in [0.29, 0.717) is 31.7 Å². The highest BCUT2D eigenvalue weighted by Crippen LogP contribution is 2.33. The van der Waals surface area contributed by atoms with Crippen molar-refractivity contribution in [1.29, 1.82) is 0 Å². The number of amides is 2. The molecule has 3 heterocycles. The highest BCUT2D eigenvalue weighted by Gasteiger charge is 2.42. The van der Waals surface area contributed by atoms with Gasteiger partial charge in [0.1, 0.15) is 12.4 Å². The van der Waals surface area contributed by atoms with Gasteiger partial charge in [0, 0.05) is 30.9 Å². The van der Waals surface area contributed by atoms with Crippen LogP contribution < -0.4 is 4.90 Å². The van der Waals surface area contributed by atoms with Crippen molar-refractivity contribution in [3.05, 3.63) is 65.5 Å². The number of benzene rings is 2. The maximum absolute atomic E-state index is 13.6. The number of hydrogen-bond donors (Lipinski definition) is 0. The summed E-state index contributed by atoms with van der Waals surface area (Å²) in [6, 6.07) is 14.0. The van der Waals surface area contributed by atoms with Crippen molar-refractivity contribution in [3.8, 4) is 0 Å². The van der Waals surface area contributed by atoms with Crippen LogP contribution in [0.3, 0.4) is 0 Å². The molecule has 1 spiro atoms. The molecule has 0 aliphatic carbocycles. The Morgan fingerprint density at radius 1 is 0.941 bits per heavy atom. The van der Waals surface area contributed by atoms with Crippen LogP contribution in [0.4, 0.5) is 10.1 Å². The molecule has 7 heteroatoms. The number of morpholine rings is 1. The maximum atomic E-state index is 13.6. The summed E-state index contributed by atoms with van der Waals surface area (Å²) in [5, 5.41) is 0. The summed E-state index contributed by atoms with van der Waals surface area (Å²) in [6.07, 6.45) is 4.70. The van der Waals surface area contributed by atoms with Crippen LogP contribution in [0.15, 0.2) is 48.5 Å². The summed E-state index contributed by atoms with van der Waals surface area (Å²) in [4.78, 5) is 32.2. The molecule has 0 bridgehead atoms. The van der Waals surface area contributed by atoms with Crippen LogP contribution in [-0.4, -0.2) is 66.5 Å². The maximum Gasteiger partial charge on any atom is 0.254 e. The van der Waals surface area contributed by atoms with Crippen LogP contribution >= 0.6 is 0 Å². The zero-order valence-electron chi connectivity index (χ0n) is 19.5. The van der Waals surface area contributed by atoms with E-state index in [9.17, 15) is 14.0 Å². The predicted octanol–water partition coefficient (Wildman–Crippen LogP) is 3.85. The van der Waals surface area contributed by atoms with E-state index in [1.165, 1.54) is 25.0 Å². The third-order valence-corrected chi connectivity index (χ3v) is 7.41. The van der Waals surface area contributed by atoms with Crippen LogP contribution in [0.1, 0.15) is 48.0 Å². The smallest absolute Gasteiger partial charge is 0.254 e. The molecule has 0 saturated carbocycles. The van der Waals surface area contributed by atoms with Crippen molar-refractivity contribution >= 4 is 17.5 Å². The lowest BCUT2D eigenvalue weighted by molar-refractivity contribution is -0.140. The zero-order valence-corrected chi connectivity index (χ0v) is 19.5. The van der Waals surface area contributed by atoms with Crippen LogP contribution in [0.25, 0.3) is 0 Å². The van der Waals surface area contributed by atoms with Crippen LogP contribution in [0, 0.1) is 5.82 Å². The molecule has 3 saturated heterocycles. The second-order valence-corrected chi connectivity index (χ2v) is 9.71. The van der Waals surface area contributed by atoms with Gasteiger partial charge in [-0.15, -0.1) is 0 Å². The molecule has 3 fully saturated rings. The summed E-state index contributed by atoms with van der Waals surface area (Å²) in [6.45, 7) is 4.69. The Kier molecular flexibility index (Phi) is 6.66. The van der Waals surface area contributed by atoms with Gasteiger partial charge in [0.25, 0.3) is 11.8 Å². The SMILES string of the molecule is O=C(c1ccccc1CN1CCCC1)N1CCC[C@]2(CC1)CN(c1ccc(F)cc1)C(=O)CO2. The van der Waals surface area contributed by atoms with Crippen LogP contribution in [0.2, 0.25) is 0 Å². The van der Waals surface area contributed by atoms with E-state index in [1.54, 1.807) is 17.0 Å². The molecule has 2 aromatic rings. The first-order valence-electron chi connectivity index (χ1n) is 12.3. The summed E-state index contributed by atoms with van der Waals surface area (Å²) < 4.78 is 19.5. The molecule has 34 heavy (non-hydrogen) atoms. The molecule has 0 unspecified atom stereocenters. The van der Waals surface area contributed by atoms with Gasteiger partial charge in [0.05, 0.1) is 12.1 Å². The fourth-order valence-electron chi connectivity index (χ4n) is 5.46. The standard InChI is InChI=1S/C27H32FN3O3/c28-22-8-10-23(11-9-22)31-20-27(34-19-25(31)32)12-5-16-30(17-13-27)26(33)24-7-2-1-6-21(24)18-29-14-3-4-15-29/h1-2,6-11H,3-5,12-20H2/t27-/m0/s1. The Bertz CT molecular complexity index is 1040. The molecule has 0 radical (unpaired) electrons. The summed E-state index contributed by atoms with van der Waals surface area (Å²) >= 11 is 0. The van der Waals surface area contributed by atoms with E-state index >= 15 is 0 Å². The number of carbonyl (C=O) groups is 2. The minimum Gasteiger partial charge on any atom is -0.363 e. The quantitative estimate of drug-likeness (QED) is 0.688. The van der Waals surface area contributed by atoms with E-state index in [2.05, 4.69) is 11.0 Å². The highest BCUT2D eigenvalue weighted by atomic mass is 19.1. The second kappa shape index (κ2) is 9.84. The molecule has 0 aromatic heterocycles. The monoisotopic (exact) mass is 465 g/mol. The zero-order chi connectivity index (χ0) is 23.5. The Hall–Kier alpha value is -2.77. The largest absolute Gasteiger partial charge is 0.363 e. The molecular weight excluding hydrogens is 433 g/mol. The number of halogens is 1. The van der Waals surface area contributed by atoms with Gasteiger partial charge in [0.2, 0.25) is 0 Å². The van der Waals surface area contributed by atoms with E-state index in [4.69, 9.17) is 4.74 Å². The van der Waals surface area contributed by atoms with Crippen LogP contribution in [0.5, 0.6) is 0 Å². The molecule has 2 amide bonds. The number of nitrogens with zero attached hydrogens (tertiary/aromatic N) is 3. The molecule has 180 valence electrons. The number of ether oxygens (including phenoxy) is 1. The van der Waals surface area contributed by atoms with Crippen molar-refractivity contribution in [3.63, 3.8) is 0 Å². The topological polar surface area (TPSA) is 53.1 Å². The second-order valence-electron chi connectivity index (χ2n) is 9.71. The van der Waals surface area contributed by atoms with Gasteiger partial charge >= 0.3 is 0 Å². The number of likely N-dealkylation sites (tertiary alicyclic amines) is 2. The molecule has 0 N–H and O–H groups in total. The number of carbonyl (C=O) groups excluding carboxylic acids is 2. The summed E-state index contributed by atoms with van der Waals surface area (Å²) in [7, 11) is 0. The molecule has 2 aromatic carbocycles. The van der Waals surface area contributed by atoms with Gasteiger partial charge in [-0.25, -0.2) is 4.39 Å². The van der Waals surface area contributed by atoms with Gasteiger partial charge in [-0.1, -0.05) is 18.2 Å². The fourth-order valence-corrected chi connectivity index (χ4v) is 5.46. The first-order valence-corrected chi connectivity index (χ1v) is 12.3. The summed E-state index contributed by atoms with van der Waals surface area (Å²) in [5.41, 5.74) is 2.07. The van der Waals surface area contributed by atoms with Crippen molar-refractivity contribution in [2.75, 3.05) is 44.2 Å². The number of anilines is 1. The number of rotatable bonds is 4. The highest BCUT2D eigenvalue weighted by molar-refractivity contribution is 5.96. The van der Waals surface area contributed by atoms with Gasteiger partial charge in [-0.2, -0.15) is 0 Å². The van der Waals surface area contributed by atoms with E-state index in [0.717, 1.165) is 43.6 Å². The Morgan fingerprint density at radius 3 is 2.50 bits per heavy atom. The van der Waals surface area contributed by atoms with E-state index < -0.39 is 5.60 Å². The van der Waals surface area contributed by atoms with Crippen molar-refractivity contribution < 1.29 is 18.7 Å². The van der Waals surface area contributed by atoms with E-state index in [-0.39, 0.29) is 24.2 Å². The Labute approximate surface area is 200 Å². The first kappa shape index (κ1) is 23.0. The van der Waals surface area contributed by atoms with Crippen molar-refractivity contribution in [2.24, 2.45) is 0 Å². The van der Waals surface area contributed by atoms with Gasteiger partial charge < -0.3 is 14.5 Å². The molecule has 3 aliphatic rings. The molecule has 5 rings (SSSR count). The van der Waals surface area contributed by atoms with Crippen molar-refractivity contribution in [2.45, 2.75) is 44.2 Å². The fraction of sp³-hybridized carbons (Fsp3) is 0.481. The number of hydrogen-bond acceptors (Lipinski definition) is 4. The molecular formula is C27H32FN3O3. The first-order chi connectivity index (χ1) is 16.5. The molecule has 6 nitrogen and oxygen atoms in total. The lowest BCUT2D eigenvalue weighted by Gasteiger charge is -2.42. The minimum absolute atomic E-state index is 0.00396. The molecule has 3 aliphatic heterocycles. The lowest BCUT2D eigenvalue weighted by Crippen LogP contribution is -2.55. The van der Waals surface area contributed by atoms with Crippen LogP contribution in [-0.2, 0) is 16.1 Å². The van der Waals surface area contributed by atoms with Gasteiger partial charge in [-0.05, 0) is 81.1 Å². The molecule has 1 atom stereocenters. The Morgan fingerprint density at radius 2 is 1.71 bits per heavy atom. The van der Waals surface area contributed by atoms with E-state index in [1.807, 2.05) is 23.1 Å². The normalized spacial score (nSPS) is 24.0. The van der Waals surface area contributed by atoms with Gasteiger partial charge in [0.15, 0.2) is 0 Å².